The lowest BCUT2D eigenvalue weighted by molar-refractivity contribution is -0.0453. The molecule has 0 aromatic rings. The van der Waals surface area contributed by atoms with Gasteiger partial charge in [0.1, 0.15) is 0 Å². The maximum absolute atomic E-state index is 11.8. The lowest BCUT2D eigenvalue weighted by Crippen LogP contribution is -2.25. The highest BCUT2D eigenvalue weighted by Crippen LogP contribution is 2.20. The van der Waals surface area contributed by atoms with Gasteiger partial charge in [-0.2, -0.15) is 0 Å². The van der Waals surface area contributed by atoms with Crippen molar-refractivity contribution in [3.05, 3.63) is 0 Å². The van der Waals surface area contributed by atoms with Crippen molar-refractivity contribution >= 4 is 0 Å². The third kappa shape index (κ3) is 2.25. The molecule has 1 rings (SSSR count). The van der Waals surface area contributed by atoms with Gasteiger partial charge in [-0.15, -0.1) is 0 Å². The van der Waals surface area contributed by atoms with Crippen molar-refractivity contribution in [3.63, 3.8) is 0 Å². The van der Waals surface area contributed by atoms with Crippen LogP contribution in [0.25, 0.3) is 0 Å². The molecule has 1 nitrogen and oxygen atoms in total. The highest BCUT2D eigenvalue weighted by atomic mass is 19.1. The van der Waals surface area contributed by atoms with Gasteiger partial charge in [-0.05, 0) is 26.2 Å². The molecule has 1 aliphatic heterocycles. The molecule has 1 saturated heterocycles. The van der Waals surface area contributed by atoms with E-state index in [4.69, 9.17) is 4.74 Å². The first-order chi connectivity index (χ1) is 4.83. The number of ether oxygens (including phenoxy) is 1. The van der Waals surface area contributed by atoms with Gasteiger partial charge >= 0.3 is 0 Å². The van der Waals surface area contributed by atoms with Crippen molar-refractivity contribution < 1.29 is 9.13 Å². The molecule has 0 radical (unpaired) electrons. The summed E-state index contributed by atoms with van der Waals surface area (Å²) >= 11 is 0. The summed E-state index contributed by atoms with van der Waals surface area (Å²) in [6, 6.07) is 0. The van der Waals surface area contributed by atoms with E-state index >= 15 is 0 Å². The molecule has 0 spiro atoms. The van der Waals surface area contributed by atoms with E-state index in [9.17, 15) is 4.39 Å². The number of rotatable bonds is 2. The number of hydrogen-bond donors (Lipinski definition) is 0. The first-order valence-corrected chi connectivity index (χ1v) is 4.04. The van der Waals surface area contributed by atoms with Crippen LogP contribution in [0.1, 0.15) is 32.6 Å². The molecule has 0 aromatic carbocycles. The van der Waals surface area contributed by atoms with E-state index in [-0.39, 0.29) is 12.8 Å². The Bertz CT molecular complexity index is 93.3. The molecule has 2 heteroatoms. The summed E-state index contributed by atoms with van der Waals surface area (Å²) in [5.74, 6) is 0. The van der Waals surface area contributed by atoms with Crippen LogP contribution in [0.2, 0.25) is 0 Å². The molecule has 60 valence electrons. The second-order valence-corrected chi connectivity index (χ2v) is 2.98. The molecule has 0 amide bonds. The van der Waals surface area contributed by atoms with Gasteiger partial charge in [-0.25, -0.2) is 0 Å². The topological polar surface area (TPSA) is 9.23 Å². The van der Waals surface area contributed by atoms with Crippen molar-refractivity contribution in [1.29, 1.82) is 0 Å². The average molecular weight is 146 g/mol. The minimum atomic E-state index is -0.239. The van der Waals surface area contributed by atoms with Crippen LogP contribution in [-0.4, -0.2) is 18.9 Å². The molecule has 10 heavy (non-hydrogen) atoms. The second-order valence-electron chi connectivity index (χ2n) is 2.98. The minimum absolute atomic E-state index is 0.203. The fourth-order valence-corrected chi connectivity index (χ4v) is 1.43. The Hall–Kier alpha value is -0.110. The van der Waals surface area contributed by atoms with Gasteiger partial charge in [0.25, 0.3) is 0 Å². The zero-order valence-electron chi connectivity index (χ0n) is 6.48. The molecular weight excluding hydrogens is 131 g/mol. The zero-order chi connectivity index (χ0) is 7.40. The third-order valence-corrected chi connectivity index (χ3v) is 1.99. The predicted molar refractivity (Wildman–Crippen MR) is 38.8 cm³/mol. The fraction of sp³-hybridized carbons (Fsp3) is 1.00. The van der Waals surface area contributed by atoms with Gasteiger partial charge < -0.3 is 4.74 Å². The van der Waals surface area contributed by atoms with Crippen LogP contribution in [0.5, 0.6) is 0 Å². The maximum Gasteiger partial charge on any atom is 0.0919 e. The van der Waals surface area contributed by atoms with E-state index in [0.717, 1.165) is 12.8 Å². The Morgan fingerprint density at radius 1 is 1.50 bits per heavy atom. The lowest BCUT2D eigenvalue weighted by Gasteiger charge is -2.26. The maximum atomic E-state index is 11.8. The summed E-state index contributed by atoms with van der Waals surface area (Å²) in [4.78, 5) is 0. The molecule has 0 unspecified atom stereocenters. The summed E-state index contributed by atoms with van der Waals surface area (Å²) in [7, 11) is 0. The molecule has 2 atom stereocenters. The first-order valence-electron chi connectivity index (χ1n) is 4.04. The Balaban J connectivity index is 2.18. The van der Waals surface area contributed by atoms with Gasteiger partial charge in [0, 0.05) is 6.42 Å². The van der Waals surface area contributed by atoms with Crippen LogP contribution in [0.3, 0.4) is 0 Å². The lowest BCUT2D eigenvalue weighted by atomic mass is 10.0. The smallest absolute Gasteiger partial charge is 0.0919 e. The van der Waals surface area contributed by atoms with Crippen LogP contribution < -0.4 is 0 Å². The minimum Gasteiger partial charge on any atom is -0.375 e. The van der Waals surface area contributed by atoms with Crippen molar-refractivity contribution in [3.8, 4) is 0 Å². The summed E-state index contributed by atoms with van der Waals surface area (Å²) < 4.78 is 17.3. The second kappa shape index (κ2) is 3.91. The Morgan fingerprint density at radius 2 is 2.30 bits per heavy atom. The summed E-state index contributed by atoms with van der Waals surface area (Å²) in [5, 5.41) is 0. The molecule has 0 saturated carbocycles. The van der Waals surface area contributed by atoms with E-state index in [0.29, 0.717) is 12.5 Å². The summed E-state index contributed by atoms with van der Waals surface area (Å²) in [6.45, 7) is 1.82. The molecule has 0 aliphatic carbocycles. The Kier molecular flexibility index (Phi) is 3.13. The van der Waals surface area contributed by atoms with Crippen molar-refractivity contribution in [1.82, 2.24) is 0 Å². The van der Waals surface area contributed by atoms with Gasteiger partial charge in [0.15, 0.2) is 0 Å². The van der Waals surface area contributed by atoms with Crippen LogP contribution in [0, 0.1) is 0 Å². The highest BCUT2D eigenvalue weighted by molar-refractivity contribution is 4.67. The average Bonchev–Trinajstić information content (AvgIpc) is 1.88. The summed E-state index contributed by atoms with van der Waals surface area (Å²) in [6.07, 6.45) is 4.53. The highest BCUT2D eigenvalue weighted by Gasteiger charge is 2.18. The first kappa shape index (κ1) is 7.99. The van der Waals surface area contributed by atoms with E-state index in [1.54, 1.807) is 0 Å². The van der Waals surface area contributed by atoms with E-state index in [1.807, 2.05) is 0 Å². The van der Waals surface area contributed by atoms with Crippen LogP contribution in [-0.2, 0) is 4.74 Å². The van der Waals surface area contributed by atoms with Crippen molar-refractivity contribution in [2.24, 2.45) is 0 Å². The van der Waals surface area contributed by atoms with Gasteiger partial charge in [0.2, 0.25) is 0 Å². The SMILES string of the molecule is C[C@@H]1CCC[C@@H](CCF)O1. The molecule has 0 aromatic heterocycles. The van der Waals surface area contributed by atoms with E-state index in [1.165, 1.54) is 6.42 Å². The Morgan fingerprint density at radius 3 is 2.90 bits per heavy atom. The van der Waals surface area contributed by atoms with Crippen LogP contribution in [0.4, 0.5) is 4.39 Å². The van der Waals surface area contributed by atoms with Gasteiger partial charge in [-0.1, -0.05) is 0 Å². The van der Waals surface area contributed by atoms with E-state index in [2.05, 4.69) is 6.92 Å². The normalized spacial score (nSPS) is 34.2. The van der Waals surface area contributed by atoms with Crippen LogP contribution >= 0.6 is 0 Å². The molecule has 0 bridgehead atoms. The van der Waals surface area contributed by atoms with Gasteiger partial charge in [0.05, 0.1) is 18.9 Å². The largest absolute Gasteiger partial charge is 0.375 e. The molecule has 1 fully saturated rings. The molecule has 1 aliphatic rings. The van der Waals surface area contributed by atoms with E-state index < -0.39 is 0 Å². The molecule has 0 N–H and O–H groups in total. The number of halogens is 1. The monoisotopic (exact) mass is 146 g/mol. The quantitative estimate of drug-likeness (QED) is 0.581. The van der Waals surface area contributed by atoms with Crippen molar-refractivity contribution in [2.75, 3.05) is 6.67 Å². The molecule has 1 heterocycles. The molecular formula is C8H15FO. The number of hydrogen-bond acceptors (Lipinski definition) is 1. The van der Waals surface area contributed by atoms with Gasteiger partial charge in [-0.3, -0.25) is 4.39 Å². The Labute approximate surface area is 61.6 Å². The van der Waals surface area contributed by atoms with Crippen molar-refractivity contribution in [2.45, 2.75) is 44.8 Å². The number of alkyl halides is 1. The predicted octanol–water partition coefficient (Wildman–Crippen LogP) is 2.30. The summed E-state index contributed by atoms with van der Waals surface area (Å²) in [5.41, 5.74) is 0. The fourth-order valence-electron chi connectivity index (χ4n) is 1.43. The third-order valence-electron chi connectivity index (χ3n) is 1.99. The zero-order valence-corrected chi connectivity index (χ0v) is 6.48. The standard InChI is InChI=1S/C8H15FO/c1-7-3-2-4-8(10-7)5-6-9/h7-8H,2-6H2,1H3/t7-,8+/m1/s1. The van der Waals surface area contributed by atoms with Crippen LogP contribution in [0.15, 0.2) is 0 Å².